The number of aromatic nitrogens is 2. The molecule has 4 aliphatic heterocycles. The second-order valence-electron chi connectivity index (χ2n) is 11.9. The van der Waals surface area contributed by atoms with Gasteiger partial charge in [-0.05, 0) is 24.0 Å². The van der Waals surface area contributed by atoms with Crippen LogP contribution in [-0.2, 0) is 5.41 Å². The standard InChI is InChI=1S/C28H36N10O6/c1-27(2)8-10-44-20-14(4-3-5-15(20)27)23(41)32-18-13-38-26(30)33-17(21-28(38,22(18)40)35-25(29)34-21)12-31-24(42)16-6-7-19(37-36-16)43-11-9-39/h3-7,17-18,21-22,39-40H,8-13H2,1-2H3,(H2,30,33)(H,31,42)(H,32,41)(H3,29,34,35)/p+1/t17-,18?,21-,22+,28-/m0/s1. The first-order chi connectivity index (χ1) is 21.0. The van der Waals surface area contributed by atoms with Crippen molar-refractivity contribution in [3.8, 4) is 11.6 Å². The van der Waals surface area contributed by atoms with Crippen LogP contribution in [0, 0.1) is 0 Å². The number of hydrogen-bond donors (Lipinski definition) is 8. The van der Waals surface area contributed by atoms with E-state index in [0.29, 0.717) is 17.9 Å². The van der Waals surface area contributed by atoms with E-state index in [4.69, 9.17) is 26.0 Å². The fourth-order valence-electron chi connectivity index (χ4n) is 6.44. The summed E-state index contributed by atoms with van der Waals surface area (Å²) in [4.78, 5) is 35.9. The summed E-state index contributed by atoms with van der Waals surface area (Å²) in [5.74, 6) is 0.155. The van der Waals surface area contributed by atoms with E-state index in [1.165, 1.54) is 12.1 Å². The van der Waals surface area contributed by atoms with Crippen molar-refractivity contribution in [2.75, 3.05) is 32.9 Å². The number of guanidine groups is 2. The first-order valence-electron chi connectivity index (χ1n) is 14.4. The molecule has 16 heteroatoms. The second kappa shape index (κ2) is 11.1. The van der Waals surface area contributed by atoms with E-state index >= 15 is 0 Å². The topological polar surface area (TPSA) is 237 Å². The molecule has 1 aromatic heterocycles. The number of nitrogens with zero attached hydrogens (tertiary/aromatic N) is 4. The number of fused-ring (bicyclic) bond motifs is 1. The van der Waals surface area contributed by atoms with Crippen LogP contribution in [0.1, 0.15) is 46.7 Å². The lowest BCUT2D eigenvalue weighted by atomic mass is 9.79. The minimum absolute atomic E-state index is 0.0270. The summed E-state index contributed by atoms with van der Waals surface area (Å²) in [7, 11) is 0. The predicted octanol–water partition coefficient (Wildman–Crippen LogP) is -4.13. The van der Waals surface area contributed by atoms with E-state index in [1.54, 1.807) is 11.0 Å². The number of benzene rings is 1. The largest absolute Gasteiger partial charge is 0.492 e. The average Bonchev–Trinajstić information content (AvgIpc) is 3.50. The van der Waals surface area contributed by atoms with Crippen LogP contribution < -0.4 is 41.9 Å². The number of nitrogens with two attached hydrogens (primary N) is 2. The highest BCUT2D eigenvalue weighted by Gasteiger charge is 2.68. The maximum absolute atomic E-state index is 13.6. The summed E-state index contributed by atoms with van der Waals surface area (Å²) in [5, 5.41) is 37.2. The zero-order chi connectivity index (χ0) is 31.2. The maximum Gasteiger partial charge on any atom is 0.343 e. The van der Waals surface area contributed by atoms with Gasteiger partial charge < -0.3 is 41.0 Å². The Balaban J connectivity index is 1.18. The van der Waals surface area contributed by atoms with Gasteiger partial charge in [-0.1, -0.05) is 26.0 Å². The van der Waals surface area contributed by atoms with Crippen LogP contribution in [0.4, 0.5) is 0 Å². The maximum atomic E-state index is 13.6. The zero-order valence-electron chi connectivity index (χ0n) is 24.4. The van der Waals surface area contributed by atoms with E-state index in [-0.39, 0.29) is 61.1 Å². The molecule has 10 N–H and O–H groups in total. The fraction of sp³-hybridized carbons (Fsp3) is 0.500. The molecule has 0 bridgehead atoms. The van der Waals surface area contributed by atoms with Crippen LogP contribution in [0.15, 0.2) is 35.3 Å². The van der Waals surface area contributed by atoms with Gasteiger partial charge in [0.2, 0.25) is 11.5 Å². The Bertz CT molecular complexity index is 1510. The molecule has 1 unspecified atom stereocenters. The summed E-state index contributed by atoms with van der Waals surface area (Å²) in [6, 6.07) is 6.41. The Hall–Kier alpha value is -4.70. The molecular formula is C28H37N10O6+. The Morgan fingerprint density at radius 1 is 1.23 bits per heavy atom. The van der Waals surface area contributed by atoms with E-state index in [2.05, 4.69) is 50.0 Å². The number of hydrogen-bond acceptors (Lipinski definition) is 13. The Labute approximate surface area is 252 Å². The van der Waals surface area contributed by atoms with Crippen molar-refractivity contribution in [2.24, 2.45) is 16.5 Å². The van der Waals surface area contributed by atoms with Crippen LogP contribution in [0.3, 0.4) is 0 Å². The molecular weight excluding hydrogens is 572 g/mol. The highest BCUT2D eigenvalue weighted by atomic mass is 16.5. The Morgan fingerprint density at radius 3 is 2.80 bits per heavy atom. The molecule has 1 fully saturated rings. The normalized spacial score (nSPS) is 27.9. The molecule has 0 saturated carbocycles. The van der Waals surface area contributed by atoms with Crippen molar-refractivity contribution >= 4 is 23.7 Å². The third-order valence-corrected chi connectivity index (χ3v) is 8.70. The molecule has 2 amide bonds. The van der Waals surface area contributed by atoms with Crippen LogP contribution >= 0.6 is 0 Å². The molecule has 1 aromatic carbocycles. The van der Waals surface area contributed by atoms with Gasteiger partial charge in [-0.2, -0.15) is 0 Å². The highest BCUT2D eigenvalue weighted by molar-refractivity contribution is 5.98. The minimum atomic E-state index is -1.25. The van der Waals surface area contributed by atoms with Gasteiger partial charge in [0.15, 0.2) is 17.7 Å². The number of amides is 2. The number of rotatable bonds is 8. The molecule has 16 nitrogen and oxygen atoms in total. The van der Waals surface area contributed by atoms with Crippen LogP contribution in [-0.4, -0.2) is 112 Å². The number of aliphatic imine (C=N–C) groups is 1. The number of aliphatic hydroxyl groups is 2. The number of carbonyl (C=O) groups is 2. The monoisotopic (exact) mass is 609 g/mol. The van der Waals surface area contributed by atoms with Crippen molar-refractivity contribution in [2.45, 2.75) is 55.6 Å². The van der Waals surface area contributed by atoms with E-state index < -0.39 is 35.8 Å². The van der Waals surface area contributed by atoms with Crippen molar-refractivity contribution in [3.63, 3.8) is 0 Å². The number of para-hydroxylation sites is 1. The molecule has 5 heterocycles. The Morgan fingerprint density at radius 2 is 2.05 bits per heavy atom. The molecule has 44 heavy (non-hydrogen) atoms. The van der Waals surface area contributed by atoms with E-state index in [1.807, 2.05) is 12.1 Å². The first-order valence-corrected chi connectivity index (χ1v) is 14.4. The zero-order valence-corrected chi connectivity index (χ0v) is 24.4. The van der Waals surface area contributed by atoms with Crippen molar-refractivity contribution in [1.29, 1.82) is 0 Å². The van der Waals surface area contributed by atoms with E-state index in [9.17, 15) is 14.7 Å². The lowest BCUT2D eigenvalue weighted by Gasteiger charge is -2.43. The van der Waals surface area contributed by atoms with Crippen LogP contribution in [0.5, 0.6) is 11.6 Å². The molecule has 2 aromatic rings. The molecule has 0 radical (unpaired) electrons. The van der Waals surface area contributed by atoms with Crippen molar-refractivity contribution < 1.29 is 34.3 Å². The molecule has 1 saturated heterocycles. The van der Waals surface area contributed by atoms with Crippen LogP contribution in [0.2, 0.25) is 0 Å². The number of nitrogens with one attached hydrogen (secondary N) is 4. The fourth-order valence-corrected chi connectivity index (χ4v) is 6.44. The van der Waals surface area contributed by atoms with Gasteiger partial charge in [0.25, 0.3) is 11.8 Å². The number of ether oxygens (including phenoxy) is 2. The highest BCUT2D eigenvalue weighted by Crippen LogP contribution is 2.41. The summed E-state index contributed by atoms with van der Waals surface area (Å²) in [6.07, 6.45) is -0.339. The first kappa shape index (κ1) is 29.4. The minimum Gasteiger partial charge on any atom is -0.492 e. The molecule has 0 aliphatic carbocycles. The summed E-state index contributed by atoms with van der Waals surface area (Å²) < 4.78 is 11.1. The SMILES string of the molecule is CC1(C)CCOc2c(C(=O)NC3CN4C(N)=N[C@@H](CNC(=O)c5ccc(OCCO)nn5)[C@@H]5[NH+]=C(N)N[C@@]54[C@@H]3O)cccc21. The predicted molar refractivity (Wildman–Crippen MR) is 156 cm³/mol. The van der Waals surface area contributed by atoms with Gasteiger partial charge in [0, 0.05) is 24.7 Å². The van der Waals surface area contributed by atoms with Gasteiger partial charge >= 0.3 is 5.96 Å². The molecule has 234 valence electrons. The van der Waals surface area contributed by atoms with Gasteiger partial charge in [0.1, 0.15) is 24.5 Å². The summed E-state index contributed by atoms with van der Waals surface area (Å²) >= 11 is 0. The quantitative estimate of drug-likeness (QED) is 0.142. The summed E-state index contributed by atoms with van der Waals surface area (Å²) in [6.45, 7) is 4.80. The molecule has 4 aliphatic rings. The Kier molecular flexibility index (Phi) is 7.41. The molecule has 1 spiro atoms. The lowest BCUT2D eigenvalue weighted by molar-refractivity contribution is -0.513. The third-order valence-electron chi connectivity index (χ3n) is 8.70. The van der Waals surface area contributed by atoms with E-state index in [0.717, 1.165) is 12.0 Å². The average molecular weight is 610 g/mol. The number of carbonyl (C=O) groups excluding carboxylic acids is 2. The summed E-state index contributed by atoms with van der Waals surface area (Å²) in [5.41, 5.74) is 12.6. The number of aliphatic hydroxyl groups excluding tert-OH is 2. The third kappa shape index (κ3) is 4.89. The van der Waals surface area contributed by atoms with Crippen LogP contribution in [0.25, 0.3) is 0 Å². The molecule has 5 atom stereocenters. The lowest BCUT2D eigenvalue weighted by Crippen LogP contribution is -2.88. The van der Waals surface area contributed by atoms with Gasteiger partial charge in [-0.25, -0.2) is 10.3 Å². The van der Waals surface area contributed by atoms with Gasteiger partial charge in [-0.15, -0.1) is 10.2 Å². The van der Waals surface area contributed by atoms with Crippen molar-refractivity contribution in [3.05, 3.63) is 47.2 Å². The van der Waals surface area contributed by atoms with Gasteiger partial charge in [-0.3, -0.25) is 20.3 Å². The second-order valence-corrected chi connectivity index (χ2v) is 11.9. The van der Waals surface area contributed by atoms with Crippen molar-refractivity contribution in [1.82, 2.24) is 31.0 Å². The molecule has 6 rings (SSSR count). The smallest absolute Gasteiger partial charge is 0.343 e. The van der Waals surface area contributed by atoms with Gasteiger partial charge in [0.05, 0.1) is 24.8 Å².